The fourth-order valence-electron chi connectivity index (χ4n) is 1.19. The molecule has 0 N–H and O–H groups in total. The van der Waals surface area contributed by atoms with E-state index in [9.17, 15) is 0 Å². The summed E-state index contributed by atoms with van der Waals surface area (Å²) in [5.74, 6) is 0. The van der Waals surface area contributed by atoms with Crippen LogP contribution in [0.5, 0.6) is 0 Å². The summed E-state index contributed by atoms with van der Waals surface area (Å²) < 4.78 is 0. The Hall–Kier alpha value is 0.710. The molecule has 0 aliphatic carbocycles. The van der Waals surface area contributed by atoms with E-state index in [0.29, 0.717) is 24.2 Å². The van der Waals surface area contributed by atoms with E-state index in [1.165, 1.54) is 0 Å². The van der Waals surface area contributed by atoms with Gasteiger partial charge >= 0.3 is 25.8 Å². The van der Waals surface area contributed by atoms with Crippen LogP contribution in [0.4, 0.5) is 0 Å². The first-order chi connectivity index (χ1) is 10.1. The van der Waals surface area contributed by atoms with Gasteiger partial charge in [0.2, 0.25) is 0 Å². The molecule has 4 nitrogen and oxygen atoms in total. The SMILES string of the molecule is CC(C)[N-]C(C)C.CC(C)[N-]C(C)C.CC[N-]C.CC[N-]C.[Hf+4]. The summed E-state index contributed by atoms with van der Waals surface area (Å²) in [6, 6.07) is 2.00. The third kappa shape index (κ3) is 84.9. The fraction of sp³-hybridized carbons (Fsp3) is 1.00. The number of nitrogens with zero attached hydrogens (tertiary/aromatic N) is 4. The van der Waals surface area contributed by atoms with Crippen LogP contribution < -0.4 is 0 Å². The Morgan fingerprint density at radius 3 is 0.652 bits per heavy atom. The third-order valence-corrected chi connectivity index (χ3v) is 1.83. The third-order valence-electron chi connectivity index (χ3n) is 1.83. The van der Waals surface area contributed by atoms with Gasteiger partial charge < -0.3 is 21.3 Å². The smallest absolute Gasteiger partial charge is 0.665 e. The summed E-state index contributed by atoms with van der Waals surface area (Å²) in [5, 5.41) is 16.0. The molecule has 0 aliphatic heterocycles. The monoisotopic (exact) mass is 496 g/mol. The van der Waals surface area contributed by atoms with E-state index in [4.69, 9.17) is 0 Å². The average molecular weight is 495 g/mol. The zero-order chi connectivity index (χ0) is 18.6. The van der Waals surface area contributed by atoms with Gasteiger partial charge in [-0.05, 0) is 0 Å². The molecular weight excluding hydrogens is 451 g/mol. The van der Waals surface area contributed by atoms with Crippen molar-refractivity contribution in [3.8, 4) is 0 Å². The first kappa shape index (κ1) is 34.9. The molecule has 0 aromatic rings. The van der Waals surface area contributed by atoms with Crippen molar-refractivity contribution >= 4 is 0 Å². The predicted molar refractivity (Wildman–Crippen MR) is 107 cm³/mol. The van der Waals surface area contributed by atoms with Gasteiger partial charge in [-0.25, -0.2) is 0 Å². The second-order valence-electron chi connectivity index (χ2n) is 5.94. The summed E-state index contributed by atoms with van der Waals surface area (Å²) in [6.45, 7) is 22.7. The average Bonchev–Trinajstić information content (AvgIpc) is 2.36. The van der Waals surface area contributed by atoms with Crippen LogP contribution in [0.2, 0.25) is 0 Å². The van der Waals surface area contributed by atoms with Crippen LogP contribution in [-0.4, -0.2) is 51.4 Å². The van der Waals surface area contributed by atoms with Crippen molar-refractivity contribution < 1.29 is 25.8 Å². The molecule has 0 aromatic carbocycles. The zero-order valence-corrected chi connectivity index (χ0v) is 21.6. The van der Waals surface area contributed by atoms with Gasteiger partial charge in [-0.2, -0.15) is 27.2 Å². The van der Waals surface area contributed by atoms with E-state index in [-0.39, 0.29) is 25.8 Å². The van der Waals surface area contributed by atoms with Gasteiger partial charge in [-0.1, -0.05) is 69.2 Å². The summed E-state index contributed by atoms with van der Waals surface area (Å²) >= 11 is 0. The maximum atomic E-state index is 4.28. The summed E-state index contributed by atoms with van der Waals surface area (Å²) in [4.78, 5) is 0. The molecule has 0 aliphatic rings. The molecule has 0 atom stereocenters. The molecule has 0 unspecified atom stereocenters. The summed E-state index contributed by atoms with van der Waals surface area (Å²) in [6.07, 6.45) is 0. The molecular formula is C18H44HfN4. The second kappa shape index (κ2) is 30.6. The molecule has 5 heteroatoms. The standard InChI is InChI=1S/2C6H14N.2C3H8N.Hf/c2*1-5(2)7-6(3)4;2*1-3-4-2;/h2*5-6H,1-4H3;2*3H2,1-2H3;/q4*-1;+4. The Balaban J connectivity index is -0.0000000639. The van der Waals surface area contributed by atoms with Crippen molar-refractivity contribution in [1.82, 2.24) is 0 Å². The van der Waals surface area contributed by atoms with Gasteiger partial charge in [0, 0.05) is 0 Å². The van der Waals surface area contributed by atoms with Crippen LogP contribution >= 0.6 is 0 Å². The van der Waals surface area contributed by atoms with E-state index in [1.54, 1.807) is 14.1 Å². The molecule has 0 bridgehead atoms. The van der Waals surface area contributed by atoms with Crippen LogP contribution in [-0.2, 0) is 25.8 Å². The Morgan fingerprint density at radius 1 is 0.522 bits per heavy atom. The topological polar surface area (TPSA) is 56.4 Å². The van der Waals surface area contributed by atoms with Crippen molar-refractivity contribution in [2.75, 3.05) is 27.2 Å². The minimum absolute atomic E-state index is 0. The van der Waals surface area contributed by atoms with E-state index in [0.717, 1.165) is 13.1 Å². The second-order valence-corrected chi connectivity index (χ2v) is 5.94. The number of rotatable bonds is 6. The van der Waals surface area contributed by atoms with Gasteiger partial charge in [0.05, 0.1) is 0 Å². The van der Waals surface area contributed by atoms with Crippen molar-refractivity contribution in [2.45, 2.75) is 93.4 Å². The molecule has 0 heterocycles. The van der Waals surface area contributed by atoms with E-state index in [2.05, 4.69) is 76.7 Å². The van der Waals surface area contributed by atoms with Crippen LogP contribution in [0.3, 0.4) is 0 Å². The van der Waals surface area contributed by atoms with Gasteiger partial charge in [0.1, 0.15) is 0 Å². The molecule has 0 saturated carbocycles. The first-order valence-corrected chi connectivity index (χ1v) is 8.59. The van der Waals surface area contributed by atoms with Crippen molar-refractivity contribution in [2.24, 2.45) is 0 Å². The summed E-state index contributed by atoms with van der Waals surface area (Å²) in [7, 11) is 3.61. The Kier molecular flexibility index (Phi) is 46.4. The minimum atomic E-state index is 0. The quantitative estimate of drug-likeness (QED) is 0.385. The maximum Gasteiger partial charge on any atom is 4.00 e. The number of hydrogen-bond donors (Lipinski definition) is 0. The van der Waals surface area contributed by atoms with Crippen molar-refractivity contribution in [3.63, 3.8) is 0 Å². The fourth-order valence-corrected chi connectivity index (χ4v) is 1.19. The molecule has 0 radical (unpaired) electrons. The maximum absolute atomic E-state index is 4.28. The van der Waals surface area contributed by atoms with Crippen LogP contribution in [0.1, 0.15) is 69.2 Å². The van der Waals surface area contributed by atoms with E-state index < -0.39 is 0 Å². The molecule has 0 aromatic heterocycles. The van der Waals surface area contributed by atoms with Crippen molar-refractivity contribution in [1.29, 1.82) is 0 Å². The van der Waals surface area contributed by atoms with Crippen LogP contribution in [0.15, 0.2) is 0 Å². The molecule has 0 saturated heterocycles. The minimum Gasteiger partial charge on any atom is -0.665 e. The largest absolute Gasteiger partial charge is 4.00 e. The van der Waals surface area contributed by atoms with Crippen LogP contribution in [0, 0.1) is 0 Å². The molecule has 23 heavy (non-hydrogen) atoms. The Morgan fingerprint density at radius 2 is 0.652 bits per heavy atom. The van der Waals surface area contributed by atoms with Crippen molar-refractivity contribution in [3.05, 3.63) is 21.3 Å². The van der Waals surface area contributed by atoms with E-state index >= 15 is 0 Å². The molecule has 0 rings (SSSR count). The normalized spacial score (nSPS) is 9.39. The number of hydrogen-bond acceptors (Lipinski definition) is 0. The molecule has 0 fully saturated rings. The zero-order valence-electron chi connectivity index (χ0n) is 18.0. The molecule has 0 spiro atoms. The Bertz CT molecular complexity index is 129. The van der Waals surface area contributed by atoms with Gasteiger partial charge in [0.25, 0.3) is 0 Å². The summed E-state index contributed by atoms with van der Waals surface area (Å²) in [5.41, 5.74) is 0. The van der Waals surface area contributed by atoms with Gasteiger partial charge in [-0.15, -0.1) is 24.2 Å². The first-order valence-electron chi connectivity index (χ1n) is 8.59. The predicted octanol–water partition coefficient (Wildman–Crippen LogP) is 6.37. The Labute approximate surface area is 167 Å². The van der Waals surface area contributed by atoms with E-state index in [1.807, 2.05) is 13.8 Å². The van der Waals surface area contributed by atoms with Gasteiger partial charge in [-0.3, -0.25) is 0 Å². The van der Waals surface area contributed by atoms with Gasteiger partial charge in [0.15, 0.2) is 0 Å². The molecule has 140 valence electrons. The van der Waals surface area contributed by atoms with Crippen LogP contribution in [0.25, 0.3) is 21.3 Å². The molecule has 0 amide bonds.